The quantitative estimate of drug-likeness (QED) is 0.426. The standard InChI is InChI=1S/C24H38FN5O2/c1-5-30-12-6-7-20(30)14-26-24(27-15-23(31)29(3)4)28-17(2)19-10-11-22(21(25)13-19)32-16-18-8-9-18/h10-11,13,17-18,20H,5-9,12,14-16H2,1-4H3,(H2,26,27,28). The Balaban J connectivity index is 1.63. The van der Waals surface area contributed by atoms with Crippen molar-refractivity contribution in [1.29, 1.82) is 0 Å². The molecule has 1 saturated carbocycles. The van der Waals surface area contributed by atoms with Crippen molar-refractivity contribution in [2.24, 2.45) is 10.9 Å². The van der Waals surface area contributed by atoms with Gasteiger partial charge in [-0.25, -0.2) is 9.38 Å². The van der Waals surface area contributed by atoms with E-state index >= 15 is 0 Å². The number of likely N-dealkylation sites (tertiary alicyclic amines) is 1. The van der Waals surface area contributed by atoms with Crippen LogP contribution in [0.25, 0.3) is 0 Å². The Hall–Kier alpha value is -2.35. The molecule has 1 heterocycles. The number of rotatable bonds is 10. The maximum Gasteiger partial charge on any atom is 0.243 e. The average Bonchev–Trinajstić information content (AvgIpc) is 3.49. The maximum absolute atomic E-state index is 14.5. The summed E-state index contributed by atoms with van der Waals surface area (Å²) >= 11 is 0. The van der Waals surface area contributed by atoms with Gasteiger partial charge in [-0.15, -0.1) is 0 Å². The summed E-state index contributed by atoms with van der Waals surface area (Å²) in [7, 11) is 3.43. The van der Waals surface area contributed by atoms with Gasteiger partial charge in [-0.05, 0) is 69.3 Å². The van der Waals surface area contributed by atoms with Gasteiger partial charge >= 0.3 is 0 Å². The van der Waals surface area contributed by atoms with Gasteiger partial charge < -0.3 is 20.3 Å². The third-order valence-electron chi connectivity index (χ3n) is 6.26. The lowest BCUT2D eigenvalue weighted by atomic mass is 10.1. The first-order valence-corrected chi connectivity index (χ1v) is 11.8. The van der Waals surface area contributed by atoms with E-state index in [1.807, 2.05) is 13.0 Å². The van der Waals surface area contributed by atoms with Crippen LogP contribution in [0.3, 0.4) is 0 Å². The van der Waals surface area contributed by atoms with E-state index in [-0.39, 0.29) is 24.3 Å². The molecule has 0 bridgehead atoms. The Kier molecular flexibility index (Phi) is 8.73. The lowest BCUT2D eigenvalue weighted by Gasteiger charge is -2.25. The highest BCUT2D eigenvalue weighted by atomic mass is 19.1. The van der Waals surface area contributed by atoms with Gasteiger partial charge in [0.1, 0.15) is 6.54 Å². The molecule has 1 aliphatic heterocycles. The van der Waals surface area contributed by atoms with Crippen LogP contribution in [0.5, 0.6) is 5.75 Å². The summed E-state index contributed by atoms with van der Waals surface area (Å²) in [5, 5.41) is 6.73. The van der Waals surface area contributed by atoms with Crippen molar-refractivity contribution in [3.05, 3.63) is 29.6 Å². The van der Waals surface area contributed by atoms with Crippen LogP contribution in [0.4, 0.5) is 4.39 Å². The summed E-state index contributed by atoms with van der Waals surface area (Å²) in [6.45, 7) is 7.67. The Labute approximate surface area is 191 Å². The minimum Gasteiger partial charge on any atom is -0.490 e. The lowest BCUT2D eigenvalue weighted by Crippen LogP contribution is -2.46. The van der Waals surface area contributed by atoms with Gasteiger partial charge in [0.15, 0.2) is 17.5 Å². The van der Waals surface area contributed by atoms with Gasteiger partial charge in [0, 0.05) is 26.7 Å². The van der Waals surface area contributed by atoms with Crippen molar-refractivity contribution in [2.45, 2.75) is 51.6 Å². The lowest BCUT2D eigenvalue weighted by molar-refractivity contribution is -0.127. The van der Waals surface area contributed by atoms with Gasteiger partial charge in [-0.2, -0.15) is 0 Å². The van der Waals surface area contributed by atoms with Crippen molar-refractivity contribution >= 4 is 11.9 Å². The number of amides is 1. The molecule has 3 rings (SSSR count). The smallest absolute Gasteiger partial charge is 0.243 e. The van der Waals surface area contributed by atoms with Gasteiger partial charge in [-0.3, -0.25) is 9.69 Å². The van der Waals surface area contributed by atoms with Crippen LogP contribution in [-0.4, -0.2) is 74.6 Å². The summed E-state index contributed by atoms with van der Waals surface area (Å²) in [6, 6.07) is 5.35. The van der Waals surface area contributed by atoms with Crippen molar-refractivity contribution in [2.75, 3.05) is 46.9 Å². The van der Waals surface area contributed by atoms with E-state index in [0.717, 1.165) is 31.6 Å². The molecule has 0 spiro atoms. The van der Waals surface area contributed by atoms with E-state index in [1.165, 1.54) is 30.2 Å². The number of hydrogen-bond acceptors (Lipinski definition) is 4. The zero-order valence-corrected chi connectivity index (χ0v) is 19.9. The second kappa shape index (κ2) is 11.5. The summed E-state index contributed by atoms with van der Waals surface area (Å²) in [4.78, 5) is 20.5. The molecule has 2 fully saturated rings. The number of aliphatic imine (C=N–C) groups is 1. The fourth-order valence-electron chi connectivity index (χ4n) is 3.88. The number of guanidine groups is 1. The molecule has 32 heavy (non-hydrogen) atoms. The molecule has 178 valence electrons. The summed E-state index contributed by atoms with van der Waals surface area (Å²) in [5.74, 6) is 1.02. The molecule has 1 aromatic rings. The number of carbonyl (C=O) groups is 1. The highest BCUT2D eigenvalue weighted by Gasteiger charge is 2.24. The van der Waals surface area contributed by atoms with Crippen LogP contribution in [0.1, 0.15) is 51.1 Å². The molecule has 1 aromatic carbocycles. The molecule has 1 saturated heterocycles. The average molecular weight is 448 g/mol. The monoisotopic (exact) mass is 447 g/mol. The van der Waals surface area contributed by atoms with E-state index in [4.69, 9.17) is 4.74 Å². The summed E-state index contributed by atoms with van der Waals surface area (Å²) < 4.78 is 20.1. The van der Waals surface area contributed by atoms with E-state index in [0.29, 0.717) is 30.3 Å². The van der Waals surface area contributed by atoms with Gasteiger partial charge in [-0.1, -0.05) is 13.0 Å². The van der Waals surface area contributed by atoms with Crippen LogP contribution in [0.2, 0.25) is 0 Å². The third kappa shape index (κ3) is 7.08. The molecule has 2 unspecified atom stereocenters. The molecule has 2 atom stereocenters. The Morgan fingerprint density at radius 2 is 2.12 bits per heavy atom. The second-order valence-electron chi connectivity index (χ2n) is 9.07. The van der Waals surface area contributed by atoms with Crippen LogP contribution in [-0.2, 0) is 4.79 Å². The van der Waals surface area contributed by atoms with Crippen molar-refractivity contribution in [3.63, 3.8) is 0 Å². The number of carbonyl (C=O) groups excluding carboxylic acids is 1. The van der Waals surface area contributed by atoms with Crippen LogP contribution in [0, 0.1) is 11.7 Å². The Bertz CT molecular complexity index is 797. The Morgan fingerprint density at radius 1 is 1.34 bits per heavy atom. The molecular weight excluding hydrogens is 409 g/mol. The predicted molar refractivity (Wildman–Crippen MR) is 125 cm³/mol. The van der Waals surface area contributed by atoms with Crippen molar-refractivity contribution in [1.82, 2.24) is 20.4 Å². The normalized spacial score (nSPS) is 20.2. The summed E-state index contributed by atoms with van der Waals surface area (Å²) in [6.07, 6.45) is 4.68. The van der Waals surface area contributed by atoms with Crippen LogP contribution in [0.15, 0.2) is 23.2 Å². The van der Waals surface area contributed by atoms with Crippen molar-refractivity contribution < 1.29 is 13.9 Å². The van der Waals surface area contributed by atoms with E-state index in [9.17, 15) is 9.18 Å². The number of hydrogen-bond donors (Lipinski definition) is 2. The number of nitrogens with zero attached hydrogens (tertiary/aromatic N) is 3. The van der Waals surface area contributed by atoms with Gasteiger partial charge in [0.2, 0.25) is 5.91 Å². The molecular formula is C24H38FN5O2. The van der Waals surface area contributed by atoms with Crippen LogP contribution < -0.4 is 15.4 Å². The fraction of sp³-hybridized carbons (Fsp3) is 0.667. The molecule has 1 aliphatic carbocycles. The van der Waals surface area contributed by atoms with E-state index in [1.54, 1.807) is 20.2 Å². The zero-order valence-electron chi connectivity index (χ0n) is 19.9. The molecule has 0 radical (unpaired) electrons. The zero-order chi connectivity index (χ0) is 23.1. The number of ether oxygens (including phenoxy) is 1. The fourth-order valence-corrected chi connectivity index (χ4v) is 3.88. The minimum atomic E-state index is -0.351. The number of nitrogens with one attached hydrogen (secondary N) is 2. The summed E-state index contributed by atoms with van der Waals surface area (Å²) in [5.41, 5.74) is 0.797. The number of benzene rings is 1. The largest absolute Gasteiger partial charge is 0.490 e. The number of likely N-dealkylation sites (N-methyl/N-ethyl adjacent to an activating group) is 2. The van der Waals surface area contributed by atoms with Crippen LogP contribution >= 0.6 is 0 Å². The topological polar surface area (TPSA) is 69.2 Å². The first-order chi connectivity index (χ1) is 15.4. The molecule has 8 heteroatoms. The highest BCUT2D eigenvalue weighted by Crippen LogP contribution is 2.30. The predicted octanol–water partition coefficient (Wildman–Crippen LogP) is 2.78. The molecule has 2 N–H and O–H groups in total. The molecule has 7 nitrogen and oxygen atoms in total. The molecule has 1 amide bonds. The maximum atomic E-state index is 14.5. The number of halogens is 1. The SMILES string of the molecule is CCN1CCCC1CNC(=NCC(=O)N(C)C)NC(C)c1ccc(OCC2CC2)c(F)c1. The van der Waals surface area contributed by atoms with E-state index < -0.39 is 0 Å². The Morgan fingerprint density at radius 3 is 2.78 bits per heavy atom. The first kappa shape index (κ1) is 24.3. The van der Waals surface area contributed by atoms with Crippen molar-refractivity contribution in [3.8, 4) is 5.75 Å². The molecule has 2 aliphatic rings. The van der Waals surface area contributed by atoms with Gasteiger partial charge in [0.25, 0.3) is 0 Å². The molecule has 0 aromatic heterocycles. The third-order valence-corrected chi connectivity index (χ3v) is 6.26. The first-order valence-electron chi connectivity index (χ1n) is 11.8. The second-order valence-corrected chi connectivity index (χ2v) is 9.07. The minimum absolute atomic E-state index is 0.0551. The van der Waals surface area contributed by atoms with E-state index in [2.05, 4.69) is 27.4 Å². The van der Waals surface area contributed by atoms with Gasteiger partial charge in [0.05, 0.1) is 12.6 Å². The highest BCUT2D eigenvalue weighted by molar-refractivity contribution is 5.85.